The summed E-state index contributed by atoms with van der Waals surface area (Å²) in [7, 11) is 1.79. The van der Waals surface area contributed by atoms with Gasteiger partial charge >= 0.3 is 0 Å². The first-order valence-corrected chi connectivity index (χ1v) is 5.62. The zero-order chi connectivity index (χ0) is 13.1. The normalized spacial score (nSPS) is 10.4. The van der Waals surface area contributed by atoms with Gasteiger partial charge in [-0.3, -0.25) is 9.48 Å². The Balaban J connectivity index is 2.15. The Kier molecular flexibility index (Phi) is 3.43. The van der Waals surface area contributed by atoms with Crippen LogP contribution in [0.25, 0.3) is 0 Å². The molecule has 1 amide bonds. The van der Waals surface area contributed by atoms with E-state index in [0.717, 1.165) is 11.3 Å². The number of nitrogens with zero attached hydrogens (tertiary/aromatic N) is 2. The highest BCUT2D eigenvalue weighted by molar-refractivity contribution is 6.02. The number of carbonyl (C=O) groups excluding carboxylic acids is 1. The summed E-state index contributed by atoms with van der Waals surface area (Å²) in [5.41, 5.74) is 2.70. The van der Waals surface area contributed by atoms with E-state index < -0.39 is 0 Å². The van der Waals surface area contributed by atoms with Crippen molar-refractivity contribution in [3.63, 3.8) is 0 Å². The van der Waals surface area contributed by atoms with Crippen LogP contribution in [0.2, 0.25) is 0 Å². The fraction of sp³-hybridized carbons (Fsp3) is 0.231. The maximum atomic E-state index is 11.9. The lowest BCUT2D eigenvalue weighted by molar-refractivity contribution is 0.102. The number of aliphatic hydroxyl groups excluding tert-OH is 1. The van der Waals surface area contributed by atoms with Crippen LogP contribution < -0.4 is 5.32 Å². The Morgan fingerprint density at radius 2 is 2.22 bits per heavy atom. The summed E-state index contributed by atoms with van der Waals surface area (Å²) in [6, 6.07) is 8.80. The number of carbonyl (C=O) groups is 1. The fourth-order valence-electron chi connectivity index (χ4n) is 1.61. The van der Waals surface area contributed by atoms with E-state index in [1.165, 1.54) is 0 Å². The third-order valence-electron chi connectivity index (χ3n) is 2.71. The van der Waals surface area contributed by atoms with Crippen LogP contribution >= 0.6 is 0 Å². The molecule has 1 aromatic carbocycles. The SMILES string of the molecule is Cc1cc(C(=O)Nc2cccc(CO)c2)nn1C. The number of nitrogens with one attached hydrogen (secondary N) is 1. The molecule has 1 aromatic heterocycles. The van der Waals surface area contributed by atoms with Crippen LogP contribution in [0.5, 0.6) is 0 Å². The standard InChI is InChI=1S/C13H15N3O2/c1-9-6-12(15-16(9)2)13(18)14-11-5-3-4-10(7-11)8-17/h3-7,17H,8H2,1-2H3,(H,14,18). The van der Waals surface area contributed by atoms with Gasteiger partial charge in [-0.1, -0.05) is 12.1 Å². The third kappa shape index (κ3) is 2.57. The molecular formula is C13H15N3O2. The highest BCUT2D eigenvalue weighted by atomic mass is 16.3. The summed E-state index contributed by atoms with van der Waals surface area (Å²) in [5.74, 6) is -0.256. The number of benzene rings is 1. The van der Waals surface area contributed by atoms with Crippen molar-refractivity contribution in [3.8, 4) is 0 Å². The summed E-state index contributed by atoms with van der Waals surface area (Å²) >= 11 is 0. The molecule has 5 nitrogen and oxygen atoms in total. The summed E-state index contributed by atoms with van der Waals surface area (Å²) in [4.78, 5) is 11.9. The summed E-state index contributed by atoms with van der Waals surface area (Å²) in [6.07, 6.45) is 0. The zero-order valence-electron chi connectivity index (χ0n) is 10.3. The van der Waals surface area contributed by atoms with Gasteiger partial charge in [-0.2, -0.15) is 5.10 Å². The van der Waals surface area contributed by atoms with Gasteiger partial charge in [0.15, 0.2) is 5.69 Å². The molecule has 18 heavy (non-hydrogen) atoms. The van der Waals surface area contributed by atoms with Gasteiger partial charge in [0.05, 0.1) is 6.61 Å². The van der Waals surface area contributed by atoms with Crippen LogP contribution in [-0.4, -0.2) is 20.8 Å². The van der Waals surface area contributed by atoms with Crippen molar-refractivity contribution in [2.24, 2.45) is 7.05 Å². The second-order valence-corrected chi connectivity index (χ2v) is 4.11. The molecule has 0 radical (unpaired) electrons. The number of anilines is 1. The molecule has 0 aliphatic rings. The van der Waals surface area contributed by atoms with E-state index in [0.29, 0.717) is 11.4 Å². The van der Waals surface area contributed by atoms with Gasteiger partial charge in [-0.15, -0.1) is 0 Å². The van der Waals surface area contributed by atoms with Crippen LogP contribution in [0.15, 0.2) is 30.3 Å². The first kappa shape index (κ1) is 12.3. The van der Waals surface area contributed by atoms with E-state index in [9.17, 15) is 4.79 Å². The monoisotopic (exact) mass is 245 g/mol. The Hall–Kier alpha value is -2.14. The molecule has 2 N–H and O–H groups in total. The summed E-state index contributed by atoms with van der Waals surface area (Å²) in [5, 5.41) is 15.9. The van der Waals surface area contributed by atoms with Crippen molar-refractivity contribution >= 4 is 11.6 Å². The maximum absolute atomic E-state index is 11.9. The summed E-state index contributed by atoms with van der Waals surface area (Å²) < 4.78 is 1.65. The molecule has 5 heteroatoms. The fourth-order valence-corrected chi connectivity index (χ4v) is 1.61. The van der Waals surface area contributed by atoms with Crippen molar-refractivity contribution in [2.75, 3.05) is 5.32 Å². The van der Waals surface area contributed by atoms with E-state index in [1.54, 1.807) is 42.1 Å². The van der Waals surface area contributed by atoms with Crippen molar-refractivity contribution in [3.05, 3.63) is 47.3 Å². The van der Waals surface area contributed by atoms with Crippen molar-refractivity contribution < 1.29 is 9.90 Å². The van der Waals surface area contributed by atoms with Gasteiger partial charge in [-0.25, -0.2) is 0 Å². The summed E-state index contributed by atoms with van der Waals surface area (Å²) in [6.45, 7) is 1.84. The Labute approximate surface area is 105 Å². The smallest absolute Gasteiger partial charge is 0.276 e. The molecule has 94 valence electrons. The topological polar surface area (TPSA) is 67.2 Å². The van der Waals surface area contributed by atoms with E-state index in [2.05, 4.69) is 10.4 Å². The molecule has 0 aliphatic carbocycles. The van der Waals surface area contributed by atoms with Crippen LogP contribution in [0.3, 0.4) is 0 Å². The van der Waals surface area contributed by atoms with Gasteiger partial charge in [0.1, 0.15) is 0 Å². The maximum Gasteiger partial charge on any atom is 0.276 e. The van der Waals surface area contributed by atoms with Gasteiger partial charge in [0.2, 0.25) is 0 Å². The molecule has 0 saturated heterocycles. The van der Waals surface area contributed by atoms with Crippen LogP contribution in [0, 0.1) is 6.92 Å². The quantitative estimate of drug-likeness (QED) is 0.860. The van der Waals surface area contributed by atoms with E-state index in [4.69, 9.17) is 5.11 Å². The average molecular weight is 245 g/mol. The van der Waals surface area contributed by atoms with Gasteiger partial charge in [-0.05, 0) is 30.7 Å². The Bertz CT molecular complexity index is 556. The number of rotatable bonds is 3. The number of hydrogen-bond donors (Lipinski definition) is 2. The average Bonchev–Trinajstić information content (AvgIpc) is 2.70. The molecule has 0 bridgehead atoms. The molecule has 2 rings (SSSR count). The lowest BCUT2D eigenvalue weighted by Crippen LogP contribution is -2.13. The second kappa shape index (κ2) is 5.01. The molecule has 0 fully saturated rings. The van der Waals surface area contributed by atoms with Crippen LogP contribution in [0.1, 0.15) is 21.7 Å². The lowest BCUT2D eigenvalue weighted by atomic mass is 10.2. The first-order chi connectivity index (χ1) is 8.60. The molecule has 0 atom stereocenters. The van der Waals surface area contributed by atoms with E-state index in [1.807, 2.05) is 6.92 Å². The first-order valence-electron chi connectivity index (χ1n) is 5.62. The van der Waals surface area contributed by atoms with Gasteiger partial charge in [0.25, 0.3) is 5.91 Å². The zero-order valence-corrected chi connectivity index (χ0v) is 10.3. The minimum Gasteiger partial charge on any atom is -0.392 e. The molecule has 2 aromatic rings. The van der Waals surface area contributed by atoms with Gasteiger partial charge in [0, 0.05) is 18.4 Å². The Morgan fingerprint density at radius 1 is 1.44 bits per heavy atom. The molecule has 0 saturated carbocycles. The highest BCUT2D eigenvalue weighted by Crippen LogP contribution is 2.12. The van der Waals surface area contributed by atoms with E-state index >= 15 is 0 Å². The van der Waals surface area contributed by atoms with Crippen molar-refractivity contribution in [2.45, 2.75) is 13.5 Å². The number of aromatic nitrogens is 2. The molecule has 1 heterocycles. The molecule has 0 unspecified atom stereocenters. The Morgan fingerprint density at radius 3 is 2.83 bits per heavy atom. The number of aliphatic hydroxyl groups is 1. The third-order valence-corrected chi connectivity index (χ3v) is 2.71. The molecule has 0 aliphatic heterocycles. The largest absolute Gasteiger partial charge is 0.392 e. The molecule has 0 spiro atoms. The lowest BCUT2D eigenvalue weighted by Gasteiger charge is -2.04. The minimum absolute atomic E-state index is 0.0492. The number of hydrogen-bond acceptors (Lipinski definition) is 3. The molecular weight excluding hydrogens is 230 g/mol. The minimum atomic E-state index is -0.256. The second-order valence-electron chi connectivity index (χ2n) is 4.11. The highest BCUT2D eigenvalue weighted by Gasteiger charge is 2.11. The van der Waals surface area contributed by atoms with E-state index in [-0.39, 0.29) is 12.5 Å². The van der Waals surface area contributed by atoms with Crippen molar-refractivity contribution in [1.82, 2.24) is 9.78 Å². The predicted octanol–water partition coefficient (Wildman–Crippen LogP) is 1.47. The van der Waals surface area contributed by atoms with Gasteiger partial charge < -0.3 is 10.4 Å². The van der Waals surface area contributed by atoms with Crippen LogP contribution in [-0.2, 0) is 13.7 Å². The van der Waals surface area contributed by atoms with Crippen molar-refractivity contribution in [1.29, 1.82) is 0 Å². The number of amides is 1. The van der Waals surface area contributed by atoms with Crippen LogP contribution in [0.4, 0.5) is 5.69 Å². The number of aryl methyl sites for hydroxylation is 2. The predicted molar refractivity (Wildman–Crippen MR) is 68.3 cm³/mol.